The Morgan fingerprint density at radius 1 is 1.03 bits per heavy atom. The SMILES string of the molecule is CN=C(NCCC(=O)Nc1ccc(C)cn1)NCc1ccc(CN2CCCCC2)cc1. The number of anilines is 1. The Balaban J connectivity index is 1.35. The fourth-order valence-electron chi connectivity index (χ4n) is 3.59. The summed E-state index contributed by atoms with van der Waals surface area (Å²) in [6.07, 6.45) is 6.07. The van der Waals surface area contributed by atoms with Gasteiger partial charge >= 0.3 is 0 Å². The molecule has 1 aromatic heterocycles. The minimum absolute atomic E-state index is 0.0800. The number of hydrogen-bond acceptors (Lipinski definition) is 4. The molecule has 1 aliphatic heterocycles. The number of guanidine groups is 1. The maximum absolute atomic E-state index is 12.1. The van der Waals surface area contributed by atoms with Crippen molar-refractivity contribution in [3.63, 3.8) is 0 Å². The van der Waals surface area contributed by atoms with E-state index in [0.717, 1.165) is 12.1 Å². The number of likely N-dealkylation sites (tertiary alicyclic amines) is 1. The van der Waals surface area contributed by atoms with Crippen LogP contribution in [-0.2, 0) is 17.9 Å². The van der Waals surface area contributed by atoms with Crippen molar-refractivity contribution in [2.24, 2.45) is 4.99 Å². The second kappa shape index (κ2) is 12.1. The second-order valence-corrected chi connectivity index (χ2v) is 8.02. The van der Waals surface area contributed by atoms with E-state index in [-0.39, 0.29) is 5.91 Å². The summed E-state index contributed by atoms with van der Waals surface area (Å²) in [4.78, 5) is 23.0. The zero-order valence-electron chi connectivity index (χ0n) is 18.7. The Labute approximate surface area is 185 Å². The molecule has 0 unspecified atom stereocenters. The number of nitrogens with one attached hydrogen (secondary N) is 3. The van der Waals surface area contributed by atoms with Gasteiger partial charge in [-0.1, -0.05) is 36.8 Å². The number of carbonyl (C=O) groups is 1. The summed E-state index contributed by atoms with van der Waals surface area (Å²) >= 11 is 0. The molecule has 1 aliphatic rings. The van der Waals surface area contributed by atoms with E-state index in [1.165, 1.54) is 43.5 Å². The first kappa shape index (κ1) is 22.7. The summed E-state index contributed by atoms with van der Waals surface area (Å²) in [5, 5.41) is 9.28. The van der Waals surface area contributed by atoms with Crippen LogP contribution >= 0.6 is 0 Å². The van der Waals surface area contributed by atoms with Gasteiger partial charge in [0.15, 0.2) is 5.96 Å². The van der Waals surface area contributed by atoms with Crippen LogP contribution in [0.15, 0.2) is 47.6 Å². The molecule has 1 aromatic carbocycles. The maximum atomic E-state index is 12.1. The molecule has 2 heterocycles. The number of amides is 1. The fourth-order valence-corrected chi connectivity index (χ4v) is 3.59. The molecule has 1 fully saturated rings. The first-order valence-corrected chi connectivity index (χ1v) is 11.1. The summed E-state index contributed by atoms with van der Waals surface area (Å²) in [5.74, 6) is 1.17. The third kappa shape index (κ3) is 8.02. The van der Waals surface area contributed by atoms with Gasteiger partial charge < -0.3 is 16.0 Å². The fraction of sp³-hybridized carbons (Fsp3) is 0.458. The van der Waals surface area contributed by atoms with Gasteiger partial charge in [0.2, 0.25) is 5.91 Å². The average Bonchev–Trinajstić information content (AvgIpc) is 2.79. The number of hydrogen-bond donors (Lipinski definition) is 3. The number of pyridine rings is 1. The highest BCUT2D eigenvalue weighted by Crippen LogP contribution is 2.13. The first-order chi connectivity index (χ1) is 15.1. The van der Waals surface area contributed by atoms with Crippen molar-refractivity contribution < 1.29 is 4.79 Å². The number of benzene rings is 1. The summed E-state index contributed by atoms with van der Waals surface area (Å²) in [6, 6.07) is 12.5. The van der Waals surface area contributed by atoms with Gasteiger partial charge in [-0.3, -0.25) is 14.7 Å². The quantitative estimate of drug-likeness (QED) is 0.450. The average molecular weight is 423 g/mol. The van der Waals surface area contributed by atoms with Gasteiger partial charge in [-0.25, -0.2) is 4.98 Å². The minimum Gasteiger partial charge on any atom is -0.356 e. The molecule has 7 heteroatoms. The molecule has 166 valence electrons. The smallest absolute Gasteiger partial charge is 0.227 e. The molecule has 0 aliphatic carbocycles. The Bertz CT molecular complexity index is 841. The van der Waals surface area contributed by atoms with Crippen LogP contribution in [0.5, 0.6) is 0 Å². The highest BCUT2D eigenvalue weighted by molar-refractivity contribution is 5.90. The van der Waals surface area contributed by atoms with Crippen LogP contribution in [-0.4, -0.2) is 48.4 Å². The van der Waals surface area contributed by atoms with Crippen molar-refractivity contribution in [1.29, 1.82) is 0 Å². The molecule has 1 saturated heterocycles. The number of piperidine rings is 1. The van der Waals surface area contributed by atoms with Gasteiger partial charge in [0, 0.05) is 39.3 Å². The lowest BCUT2D eigenvalue weighted by Gasteiger charge is -2.26. The molecule has 7 nitrogen and oxygen atoms in total. The number of aliphatic imine (C=N–C) groups is 1. The van der Waals surface area contributed by atoms with E-state index in [1.807, 2.05) is 13.0 Å². The van der Waals surface area contributed by atoms with Gasteiger partial charge in [-0.2, -0.15) is 0 Å². The highest BCUT2D eigenvalue weighted by atomic mass is 16.1. The van der Waals surface area contributed by atoms with Gasteiger partial charge in [0.1, 0.15) is 5.82 Å². The lowest BCUT2D eigenvalue weighted by molar-refractivity contribution is -0.116. The van der Waals surface area contributed by atoms with E-state index in [9.17, 15) is 4.79 Å². The minimum atomic E-state index is -0.0800. The van der Waals surface area contributed by atoms with E-state index in [1.54, 1.807) is 19.3 Å². The Kier molecular flexibility index (Phi) is 8.84. The van der Waals surface area contributed by atoms with Gasteiger partial charge in [-0.05, 0) is 55.6 Å². The Hall–Kier alpha value is -2.93. The summed E-state index contributed by atoms with van der Waals surface area (Å²) in [7, 11) is 1.73. The molecule has 0 bridgehead atoms. The first-order valence-electron chi connectivity index (χ1n) is 11.1. The number of nitrogens with zero attached hydrogens (tertiary/aromatic N) is 3. The molecule has 2 aromatic rings. The van der Waals surface area contributed by atoms with E-state index in [2.05, 4.69) is 55.1 Å². The second-order valence-electron chi connectivity index (χ2n) is 8.02. The summed E-state index contributed by atoms with van der Waals surface area (Å²) in [5.41, 5.74) is 3.63. The highest BCUT2D eigenvalue weighted by Gasteiger charge is 2.10. The zero-order valence-corrected chi connectivity index (χ0v) is 18.7. The third-order valence-electron chi connectivity index (χ3n) is 5.38. The lowest BCUT2D eigenvalue weighted by atomic mass is 10.1. The van der Waals surface area contributed by atoms with E-state index < -0.39 is 0 Å². The number of aryl methyl sites for hydroxylation is 1. The largest absolute Gasteiger partial charge is 0.356 e. The topological polar surface area (TPSA) is 81.6 Å². The summed E-state index contributed by atoms with van der Waals surface area (Å²) in [6.45, 7) is 6.60. The van der Waals surface area contributed by atoms with E-state index in [0.29, 0.717) is 31.3 Å². The zero-order chi connectivity index (χ0) is 21.9. The molecule has 0 atom stereocenters. The van der Waals surface area contributed by atoms with Gasteiger partial charge in [0.05, 0.1) is 0 Å². The molecular formula is C24H34N6O. The molecule has 0 spiro atoms. The van der Waals surface area contributed by atoms with E-state index in [4.69, 9.17) is 0 Å². The van der Waals surface area contributed by atoms with Gasteiger partial charge in [-0.15, -0.1) is 0 Å². The van der Waals surface area contributed by atoms with Crippen molar-refractivity contribution >= 4 is 17.7 Å². The maximum Gasteiger partial charge on any atom is 0.227 e. The van der Waals surface area contributed by atoms with Gasteiger partial charge in [0.25, 0.3) is 0 Å². The normalized spacial score (nSPS) is 14.8. The predicted octanol–water partition coefficient (Wildman–Crippen LogP) is 3.07. The molecule has 0 radical (unpaired) electrons. The third-order valence-corrected chi connectivity index (χ3v) is 5.38. The van der Waals surface area contributed by atoms with Crippen LogP contribution in [0.25, 0.3) is 0 Å². The summed E-state index contributed by atoms with van der Waals surface area (Å²) < 4.78 is 0. The van der Waals surface area contributed by atoms with Crippen LogP contribution in [0.4, 0.5) is 5.82 Å². The van der Waals surface area contributed by atoms with Crippen molar-refractivity contribution in [3.05, 3.63) is 59.3 Å². The van der Waals surface area contributed by atoms with Crippen molar-refractivity contribution in [2.45, 2.75) is 45.7 Å². The standard InChI is InChI=1S/C24H34N6O/c1-19-6-11-22(27-16-19)29-23(31)12-13-26-24(25-2)28-17-20-7-9-21(10-8-20)18-30-14-4-3-5-15-30/h6-11,16H,3-5,12-15,17-18H2,1-2H3,(H2,25,26,28)(H,27,29,31). The Morgan fingerprint density at radius 3 is 2.45 bits per heavy atom. The van der Waals surface area contributed by atoms with Crippen LogP contribution in [0.2, 0.25) is 0 Å². The van der Waals surface area contributed by atoms with Crippen molar-refractivity contribution in [3.8, 4) is 0 Å². The number of carbonyl (C=O) groups excluding carboxylic acids is 1. The Morgan fingerprint density at radius 2 is 1.77 bits per heavy atom. The van der Waals surface area contributed by atoms with Crippen LogP contribution in [0.1, 0.15) is 42.4 Å². The molecular weight excluding hydrogens is 388 g/mol. The van der Waals surface area contributed by atoms with Crippen molar-refractivity contribution in [2.75, 3.05) is 32.0 Å². The van der Waals surface area contributed by atoms with Crippen molar-refractivity contribution in [1.82, 2.24) is 20.5 Å². The van der Waals surface area contributed by atoms with E-state index >= 15 is 0 Å². The monoisotopic (exact) mass is 422 g/mol. The van der Waals surface area contributed by atoms with Crippen LogP contribution < -0.4 is 16.0 Å². The molecule has 31 heavy (non-hydrogen) atoms. The molecule has 3 rings (SSSR count). The molecule has 1 amide bonds. The van der Waals surface area contributed by atoms with Crippen LogP contribution in [0.3, 0.4) is 0 Å². The van der Waals surface area contributed by atoms with Crippen LogP contribution in [0, 0.1) is 6.92 Å². The molecule has 0 saturated carbocycles. The number of rotatable bonds is 8. The predicted molar refractivity (Wildman–Crippen MR) is 126 cm³/mol. The molecule has 3 N–H and O–H groups in total. The number of aromatic nitrogens is 1. The lowest BCUT2D eigenvalue weighted by Crippen LogP contribution is -2.38.